The summed E-state index contributed by atoms with van der Waals surface area (Å²) in [5.41, 5.74) is 2.64. The van der Waals surface area contributed by atoms with Crippen molar-refractivity contribution < 1.29 is 14.3 Å². The minimum Gasteiger partial charge on any atom is -0.493 e. The average Bonchev–Trinajstić information content (AvgIpc) is 3.21. The first-order valence-electron chi connectivity index (χ1n) is 9.18. The first kappa shape index (κ1) is 19.8. The van der Waals surface area contributed by atoms with Gasteiger partial charge in [-0.1, -0.05) is 17.7 Å². The number of ether oxygens (including phenoxy) is 2. The van der Waals surface area contributed by atoms with E-state index in [0.717, 1.165) is 5.56 Å². The van der Waals surface area contributed by atoms with Gasteiger partial charge in [-0.25, -0.2) is 4.68 Å². The van der Waals surface area contributed by atoms with Crippen molar-refractivity contribution in [2.24, 2.45) is 0 Å². The zero-order valence-electron chi connectivity index (χ0n) is 16.6. The number of aromatic nitrogens is 3. The Labute approximate surface area is 178 Å². The van der Waals surface area contributed by atoms with Gasteiger partial charge in [-0.15, -0.1) is 0 Å². The first-order valence-corrected chi connectivity index (χ1v) is 9.55. The van der Waals surface area contributed by atoms with Crippen molar-refractivity contribution in [3.8, 4) is 11.5 Å². The highest BCUT2D eigenvalue weighted by Crippen LogP contribution is 2.38. The Balaban J connectivity index is 1.77. The molecule has 0 fully saturated rings. The maximum absolute atomic E-state index is 13.3. The molecule has 2 aromatic carbocycles. The normalized spacial score (nSPS) is 15.3. The number of carbonyl (C=O) groups is 1. The molecular weight excluding hydrogens is 406 g/mol. The molecule has 9 heteroatoms. The number of carbonyl (C=O) groups excluding carboxylic acids is 1. The number of amides is 1. The van der Waals surface area contributed by atoms with Gasteiger partial charge in [0.1, 0.15) is 12.4 Å². The number of hydrogen-bond acceptors (Lipinski definition) is 6. The Bertz CT molecular complexity index is 1120. The second-order valence-electron chi connectivity index (χ2n) is 6.67. The summed E-state index contributed by atoms with van der Waals surface area (Å²) in [7, 11) is 3.15. The summed E-state index contributed by atoms with van der Waals surface area (Å²) < 4.78 is 12.5. The summed E-state index contributed by atoms with van der Waals surface area (Å²) in [5, 5.41) is 11.0. The van der Waals surface area contributed by atoms with Gasteiger partial charge in [0.25, 0.3) is 5.91 Å². The zero-order chi connectivity index (χ0) is 21.3. The van der Waals surface area contributed by atoms with E-state index in [1.165, 1.54) is 6.33 Å². The number of fused-ring (bicyclic) bond motifs is 1. The molecule has 0 saturated heterocycles. The highest BCUT2D eigenvalue weighted by molar-refractivity contribution is 6.30. The molecule has 1 atom stereocenters. The van der Waals surface area contributed by atoms with Gasteiger partial charge in [0.2, 0.25) is 5.95 Å². The number of allylic oxidation sites excluding steroid dienone is 1. The molecule has 1 amide bonds. The van der Waals surface area contributed by atoms with E-state index >= 15 is 0 Å². The maximum Gasteiger partial charge on any atom is 0.255 e. The summed E-state index contributed by atoms with van der Waals surface area (Å²) in [6, 6.07) is 12.0. The van der Waals surface area contributed by atoms with Crippen molar-refractivity contribution in [2.75, 3.05) is 24.9 Å². The molecular formula is C21H20ClN5O3. The summed E-state index contributed by atoms with van der Waals surface area (Å²) in [6.07, 6.45) is 1.45. The van der Waals surface area contributed by atoms with Gasteiger partial charge in [0, 0.05) is 16.4 Å². The lowest BCUT2D eigenvalue weighted by molar-refractivity contribution is -0.113. The Morgan fingerprint density at radius 3 is 2.57 bits per heavy atom. The molecule has 1 aliphatic heterocycles. The quantitative estimate of drug-likeness (QED) is 0.644. The van der Waals surface area contributed by atoms with E-state index in [1.807, 2.05) is 19.1 Å². The van der Waals surface area contributed by atoms with Crippen molar-refractivity contribution in [1.29, 1.82) is 0 Å². The summed E-state index contributed by atoms with van der Waals surface area (Å²) in [4.78, 5) is 17.5. The maximum atomic E-state index is 13.3. The fourth-order valence-electron chi connectivity index (χ4n) is 3.45. The lowest BCUT2D eigenvalue weighted by atomic mass is 9.94. The molecule has 30 heavy (non-hydrogen) atoms. The van der Waals surface area contributed by atoms with Gasteiger partial charge < -0.3 is 20.1 Å². The molecule has 1 aliphatic rings. The van der Waals surface area contributed by atoms with E-state index in [4.69, 9.17) is 21.1 Å². The number of rotatable bonds is 5. The van der Waals surface area contributed by atoms with Crippen LogP contribution in [0.15, 0.2) is 60.1 Å². The van der Waals surface area contributed by atoms with Crippen LogP contribution in [0.25, 0.3) is 0 Å². The molecule has 8 nitrogen and oxygen atoms in total. The highest BCUT2D eigenvalue weighted by atomic mass is 35.5. The van der Waals surface area contributed by atoms with E-state index in [-0.39, 0.29) is 5.91 Å². The number of nitrogens with zero attached hydrogens (tertiary/aromatic N) is 3. The molecule has 4 rings (SSSR count). The second-order valence-corrected chi connectivity index (χ2v) is 7.11. The van der Waals surface area contributed by atoms with Gasteiger partial charge in [-0.2, -0.15) is 10.1 Å². The van der Waals surface area contributed by atoms with E-state index in [2.05, 4.69) is 20.7 Å². The van der Waals surface area contributed by atoms with Crippen molar-refractivity contribution >= 4 is 29.1 Å². The third-order valence-electron chi connectivity index (χ3n) is 4.86. The average molecular weight is 426 g/mol. The topological polar surface area (TPSA) is 90.3 Å². The molecule has 1 unspecified atom stereocenters. The summed E-state index contributed by atoms with van der Waals surface area (Å²) in [5.74, 6) is 1.45. The third kappa shape index (κ3) is 3.57. The van der Waals surface area contributed by atoms with Crippen LogP contribution in [0, 0.1) is 0 Å². The molecule has 3 aromatic rings. The predicted octanol–water partition coefficient (Wildman–Crippen LogP) is 3.88. The number of halogens is 1. The lowest BCUT2D eigenvalue weighted by Crippen LogP contribution is -2.31. The Hall–Kier alpha value is -3.52. The molecule has 2 heterocycles. The van der Waals surface area contributed by atoms with E-state index in [1.54, 1.807) is 49.2 Å². The number of methoxy groups -OCH3 is 2. The monoisotopic (exact) mass is 425 g/mol. The smallest absolute Gasteiger partial charge is 0.255 e. The van der Waals surface area contributed by atoms with Crippen LogP contribution in [-0.2, 0) is 4.79 Å². The minimum absolute atomic E-state index is 0.261. The fourth-order valence-corrected chi connectivity index (χ4v) is 3.57. The van der Waals surface area contributed by atoms with Crippen LogP contribution in [0.2, 0.25) is 5.02 Å². The SMILES string of the molecule is COc1ccc(C2C(C(=O)Nc3ccc(Cl)cc3)=C(C)Nc3ncnn32)cc1OC. The molecule has 2 N–H and O–H groups in total. The number of nitrogens with one attached hydrogen (secondary N) is 2. The standard InChI is InChI=1S/C21H20ClN5O3/c1-12-18(20(28)26-15-7-5-14(22)6-8-15)19(27-21(25-12)23-11-24-27)13-4-9-16(29-2)17(10-13)30-3/h4-11,19H,1-3H3,(H,26,28)(H,23,24,25). The van der Waals surface area contributed by atoms with Crippen LogP contribution in [0.3, 0.4) is 0 Å². The molecule has 0 bridgehead atoms. The van der Waals surface area contributed by atoms with Crippen LogP contribution < -0.4 is 20.1 Å². The molecule has 0 aliphatic carbocycles. The van der Waals surface area contributed by atoms with Gasteiger partial charge in [0.05, 0.1) is 19.8 Å². The lowest BCUT2D eigenvalue weighted by Gasteiger charge is -2.29. The Morgan fingerprint density at radius 2 is 1.87 bits per heavy atom. The van der Waals surface area contributed by atoms with Gasteiger partial charge in [0.15, 0.2) is 11.5 Å². The van der Waals surface area contributed by atoms with Crippen molar-refractivity contribution in [2.45, 2.75) is 13.0 Å². The van der Waals surface area contributed by atoms with E-state index < -0.39 is 6.04 Å². The van der Waals surface area contributed by atoms with Crippen LogP contribution in [0.5, 0.6) is 11.5 Å². The Kier molecular flexibility index (Phi) is 5.33. The van der Waals surface area contributed by atoms with Crippen LogP contribution in [0.1, 0.15) is 18.5 Å². The molecule has 1 aromatic heterocycles. The van der Waals surface area contributed by atoms with E-state index in [0.29, 0.717) is 39.4 Å². The molecule has 0 radical (unpaired) electrons. The van der Waals surface area contributed by atoms with Crippen LogP contribution in [-0.4, -0.2) is 34.9 Å². The predicted molar refractivity (Wildman–Crippen MR) is 114 cm³/mol. The number of benzene rings is 2. The van der Waals surface area contributed by atoms with Gasteiger partial charge in [-0.3, -0.25) is 4.79 Å². The van der Waals surface area contributed by atoms with Gasteiger partial charge in [-0.05, 0) is 48.9 Å². The number of hydrogen-bond donors (Lipinski definition) is 2. The van der Waals surface area contributed by atoms with Crippen molar-refractivity contribution in [1.82, 2.24) is 14.8 Å². The van der Waals surface area contributed by atoms with E-state index in [9.17, 15) is 4.79 Å². The molecule has 154 valence electrons. The third-order valence-corrected chi connectivity index (χ3v) is 5.12. The Morgan fingerprint density at radius 1 is 1.13 bits per heavy atom. The second kappa shape index (κ2) is 8.08. The van der Waals surface area contributed by atoms with Gasteiger partial charge >= 0.3 is 0 Å². The van der Waals surface area contributed by atoms with Crippen LogP contribution >= 0.6 is 11.6 Å². The molecule has 0 spiro atoms. The molecule has 0 saturated carbocycles. The van der Waals surface area contributed by atoms with Crippen molar-refractivity contribution in [3.05, 3.63) is 70.6 Å². The first-order chi connectivity index (χ1) is 14.5. The minimum atomic E-state index is -0.504. The zero-order valence-corrected chi connectivity index (χ0v) is 17.4. The fraction of sp³-hybridized carbons (Fsp3) is 0.190. The largest absolute Gasteiger partial charge is 0.493 e. The van der Waals surface area contributed by atoms with Crippen molar-refractivity contribution in [3.63, 3.8) is 0 Å². The summed E-state index contributed by atoms with van der Waals surface area (Å²) in [6.45, 7) is 1.84. The van der Waals surface area contributed by atoms with Crippen LogP contribution in [0.4, 0.5) is 11.6 Å². The highest BCUT2D eigenvalue weighted by Gasteiger charge is 2.34. The summed E-state index contributed by atoms with van der Waals surface area (Å²) >= 11 is 5.95. The number of anilines is 2.